The molecule has 1 aliphatic rings. The summed E-state index contributed by atoms with van der Waals surface area (Å²) in [5.41, 5.74) is 0. The Morgan fingerprint density at radius 1 is 1.55 bits per heavy atom. The zero-order valence-corrected chi connectivity index (χ0v) is 7.42. The van der Waals surface area contributed by atoms with Crippen molar-refractivity contribution in [3.8, 4) is 0 Å². The fourth-order valence-electron chi connectivity index (χ4n) is 1.72. The number of methoxy groups -OCH3 is 1. The molecule has 0 saturated carbocycles. The Morgan fingerprint density at radius 3 is 2.55 bits per heavy atom. The molecule has 1 N–H and O–H groups in total. The van der Waals surface area contributed by atoms with E-state index < -0.39 is 0 Å². The predicted octanol–water partition coefficient (Wildman–Crippen LogP) is -0.156. The second-order valence-corrected chi connectivity index (χ2v) is 3.39. The Morgan fingerprint density at radius 2 is 2.18 bits per heavy atom. The van der Waals surface area contributed by atoms with Crippen molar-refractivity contribution in [1.82, 2.24) is 0 Å². The lowest BCUT2D eigenvalue weighted by Gasteiger charge is -2.47. The largest absolute Gasteiger partial charge is 0.382 e. The first-order valence-electron chi connectivity index (χ1n) is 4.24. The first-order valence-corrected chi connectivity index (χ1v) is 4.24. The molecule has 0 bridgehead atoms. The van der Waals surface area contributed by atoms with E-state index in [9.17, 15) is 0 Å². The van der Waals surface area contributed by atoms with Gasteiger partial charge in [0.1, 0.15) is 19.6 Å². The Bertz CT molecular complexity index is 121. The van der Waals surface area contributed by atoms with Crippen molar-refractivity contribution < 1.29 is 14.3 Å². The molecular formula is C8H18NO2+. The highest BCUT2D eigenvalue weighted by atomic mass is 16.5. The van der Waals surface area contributed by atoms with E-state index in [0.717, 1.165) is 37.3 Å². The van der Waals surface area contributed by atoms with E-state index in [1.54, 1.807) is 7.11 Å². The van der Waals surface area contributed by atoms with Crippen molar-refractivity contribution in [2.45, 2.75) is 13.0 Å². The monoisotopic (exact) mass is 160 g/mol. The molecule has 1 fully saturated rings. The molecule has 3 nitrogen and oxygen atoms in total. The maximum absolute atomic E-state index is 9.16. The second-order valence-electron chi connectivity index (χ2n) is 3.39. The van der Waals surface area contributed by atoms with E-state index >= 15 is 0 Å². The lowest BCUT2D eigenvalue weighted by Crippen LogP contribution is -2.67. The van der Waals surface area contributed by atoms with Crippen molar-refractivity contribution in [1.29, 1.82) is 0 Å². The fourth-order valence-corrected chi connectivity index (χ4v) is 1.72. The normalized spacial score (nSPS) is 36.8. The molecule has 11 heavy (non-hydrogen) atoms. The molecule has 0 radical (unpaired) electrons. The van der Waals surface area contributed by atoms with Gasteiger partial charge in [-0.2, -0.15) is 0 Å². The van der Waals surface area contributed by atoms with Crippen molar-refractivity contribution in [3.63, 3.8) is 0 Å². The third-order valence-corrected chi connectivity index (χ3v) is 2.64. The highest BCUT2D eigenvalue weighted by Crippen LogP contribution is 2.19. The van der Waals surface area contributed by atoms with E-state index in [0.29, 0.717) is 0 Å². The van der Waals surface area contributed by atoms with Crippen LogP contribution in [0.25, 0.3) is 0 Å². The average molecular weight is 160 g/mol. The summed E-state index contributed by atoms with van der Waals surface area (Å²) in [5, 5.41) is 9.16. The van der Waals surface area contributed by atoms with Gasteiger partial charge in [-0.25, -0.2) is 0 Å². The van der Waals surface area contributed by atoms with Crippen LogP contribution in [0.1, 0.15) is 6.92 Å². The highest BCUT2D eigenvalue weighted by molar-refractivity contribution is 4.65. The van der Waals surface area contributed by atoms with Gasteiger partial charge in [0.05, 0.1) is 13.2 Å². The number of rotatable bonds is 4. The molecule has 0 spiro atoms. The quantitative estimate of drug-likeness (QED) is 0.579. The fraction of sp³-hybridized carbons (Fsp3) is 1.00. The Hall–Kier alpha value is -0.120. The van der Waals surface area contributed by atoms with Crippen molar-refractivity contribution in [3.05, 3.63) is 0 Å². The van der Waals surface area contributed by atoms with Crippen molar-refractivity contribution in [2.75, 3.05) is 39.9 Å². The third kappa shape index (κ3) is 1.92. The molecule has 0 aromatic heterocycles. The summed E-state index contributed by atoms with van der Waals surface area (Å²) in [5.74, 6) is 0. The standard InChI is InChI=1S/C8H18NO2/c1-3-9(4-5-11-2)6-8(10)7-9/h8,10H,3-7H2,1-2H3/q+1. The van der Waals surface area contributed by atoms with E-state index in [4.69, 9.17) is 9.84 Å². The number of hydrogen-bond donors (Lipinski definition) is 1. The number of hydrogen-bond acceptors (Lipinski definition) is 2. The second kappa shape index (κ2) is 3.52. The van der Waals surface area contributed by atoms with Crippen molar-refractivity contribution >= 4 is 0 Å². The third-order valence-electron chi connectivity index (χ3n) is 2.64. The molecule has 1 rings (SSSR count). The molecule has 0 aromatic carbocycles. The zero-order valence-electron chi connectivity index (χ0n) is 7.42. The summed E-state index contributed by atoms with van der Waals surface area (Å²) in [6, 6.07) is 0. The Balaban J connectivity index is 2.26. The number of likely N-dealkylation sites (tertiary alicyclic amines) is 1. The van der Waals surface area contributed by atoms with Crippen LogP contribution in [-0.2, 0) is 4.74 Å². The molecule has 0 atom stereocenters. The van der Waals surface area contributed by atoms with Crippen LogP contribution in [0.3, 0.4) is 0 Å². The first kappa shape index (κ1) is 8.97. The van der Waals surface area contributed by atoms with E-state index in [1.165, 1.54) is 0 Å². The molecule has 0 amide bonds. The maximum Gasteiger partial charge on any atom is 0.152 e. The van der Waals surface area contributed by atoms with E-state index in [-0.39, 0.29) is 6.10 Å². The lowest BCUT2D eigenvalue weighted by atomic mass is 10.1. The van der Waals surface area contributed by atoms with E-state index in [2.05, 4.69) is 6.92 Å². The molecule has 0 aromatic rings. The summed E-state index contributed by atoms with van der Waals surface area (Å²) in [6.45, 7) is 6.96. The molecule has 1 aliphatic heterocycles. The van der Waals surface area contributed by atoms with Crippen LogP contribution >= 0.6 is 0 Å². The molecule has 0 aliphatic carbocycles. The van der Waals surface area contributed by atoms with Gasteiger partial charge in [0.15, 0.2) is 6.10 Å². The van der Waals surface area contributed by atoms with Crippen LogP contribution in [0.15, 0.2) is 0 Å². The average Bonchev–Trinajstić information content (AvgIpc) is 1.96. The molecule has 66 valence electrons. The van der Waals surface area contributed by atoms with Gasteiger partial charge in [-0.1, -0.05) is 0 Å². The van der Waals surface area contributed by atoms with Gasteiger partial charge in [0.2, 0.25) is 0 Å². The SMILES string of the molecule is CC[N+]1(CCOC)CC(O)C1. The molecule has 1 saturated heterocycles. The summed E-state index contributed by atoms with van der Waals surface area (Å²) >= 11 is 0. The van der Waals surface area contributed by atoms with Gasteiger partial charge in [-0.3, -0.25) is 0 Å². The lowest BCUT2D eigenvalue weighted by molar-refractivity contribution is -0.971. The predicted molar refractivity (Wildman–Crippen MR) is 43.3 cm³/mol. The van der Waals surface area contributed by atoms with Gasteiger partial charge in [0.25, 0.3) is 0 Å². The maximum atomic E-state index is 9.16. The minimum atomic E-state index is -0.0631. The van der Waals surface area contributed by atoms with Crippen LogP contribution < -0.4 is 0 Å². The smallest absolute Gasteiger partial charge is 0.152 e. The van der Waals surface area contributed by atoms with Crippen LogP contribution in [0.4, 0.5) is 0 Å². The van der Waals surface area contributed by atoms with E-state index in [1.807, 2.05) is 0 Å². The summed E-state index contributed by atoms with van der Waals surface area (Å²) < 4.78 is 6.05. The summed E-state index contributed by atoms with van der Waals surface area (Å²) in [4.78, 5) is 0. The van der Waals surface area contributed by atoms with Crippen LogP contribution in [0.5, 0.6) is 0 Å². The Labute approximate surface area is 68.2 Å². The number of likely N-dealkylation sites (N-methyl/N-ethyl adjacent to an activating group) is 1. The molecule has 3 heteroatoms. The number of aliphatic hydroxyl groups excluding tert-OH is 1. The number of aliphatic hydroxyl groups is 1. The van der Waals surface area contributed by atoms with Crippen LogP contribution in [-0.4, -0.2) is 55.6 Å². The number of nitrogens with zero attached hydrogens (tertiary/aromatic N) is 1. The van der Waals surface area contributed by atoms with Gasteiger partial charge >= 0.3 is 0 Å². The first-order chi connectivity index (χ1) is 5.22. The molecular weight excluding hydrogens is 142 g/mol. The van der Waals surface area contributed by atoms with Gasteiger partial charge in [0, 0.05) is 7.11 Å². The highest BCUT2D eigenvalue weighted by Gasteiger charge is 2.40. The topological polar surface area (TPSA) is 29.5 Å². The van der Waals surface area contributed by atoms with Gasteiger partial charge in [-0.05, 0) is 6.92 Å². The van der Waals surface area contributed by atoms with Crippen LogP contribution in [0.2, 0.25) is 0 Å². The van der Waals surface area contributed by atoms with Crippen molar-refractivity contribution in [2.24, 2.45) is 0 Å². The number of quaternary nitrogens is 1. The van der Waals surface area contributed by atoms with Gasteiger partial charge in [-0.15, -0.1) is 0 Å². The number of ether oxygens (including phenoxy) is 1. The summed E-state index contributed by atoms with van der Waals surface area (Å²) in [6.07, 6.45) is -0.0631. The minimum Gasteiger partial charge on any atom is -0.382 e. The summed E-state index contributed by atoms with van der Waals surface area (Å²) in [7, 11) is 1.72. The van der Waals surface area contributed by atoms with Crippen LogP contribution in [0, 0.1) is 0 Å². The minimum absolute atomic E-state index is 0.0631. The molecule has 1 heterocycles. The molecule has 0 unspecified atom stereocenters. The van der Waals surface area contributed by atoms with Gasteiger partial charge < -0.3 is 14.3 Å². The zero-order chi connectivity index (χ0) is 8.32. The Kier molecular flexibility index (Phi) is 2.87.